The molecule has 3 rings (SSSR count). The molecule has 2 heterocycles. The maximum absolute atomic E-state index is 5.87. The number of nitrogens with zero attached hydrogens (tertiary/aromatic N) is 2. The molecule has 0 saturated carbocycles. The number of benzene rings is 1. The van der Waals surface area contributed by atoms with E-state index in [-0.39, 0.29) is 5.92 Å². The summed E-state index contributed by atoms with van der Waals surface area (Å²) in [6.07, 6.45) is 1.65. The molecule has 0 fully saturated rings. The molecular formula is C14H15N3O2. The molecule has 2 N–H and O–H groups in total. The van der Waals surface area contributed by atoms with Gasteiger partial charge in [-0.15, -0.1) is 0 Å². The van der Waals surface area contributed by atoms with Gasteiger partial charge < -0.3 is 15.2 Å². The standard InChI is InChI=1S/C14H15N3O2/c15-9-11(12-2-1-5-16-17-12)10-3-4-13-14(8-10)19-7-6-18-13/h1-5,8,11H,6-7,9,15H2. The van der Waals surface area contributed by atoms with Gasteiger partial charge in [0.05, 0.1) is 5.69 Å². The molecule has 1 aromatic heterocycles. The highest BCUT2D eigenvalue weighted by Gasteiger charge is 2.18. The van der Waals surface area contributed by atoms with E-state index in [4.69, 9.17) is 15.2 Å². The molecule has 5 heteroatoms. The van der Waals surface area contributed by atoms with E-state index in [0.717, 1.165) is 22.8 Å². The fourth-order valence-corrected chi connectivity index (χ4v) is 2.20. The number of rotatable bonds is 3. The lowest BCUT2D eigenvalue weighted by Crippen LogP contribution is -2.18. The fourth-order valence-electron chi connectivity index (χ4n) is 2.20. The van der Waals surface area contributed by atoms with Crippen LogP contribution in [-0.4, -0.2) is 30.0 Å². The molecule has 0 spiro atoms. The van der Waals surface area contributed by atoms with Crippen LogP contribution in [0.5, 0.6) is 11.5 Å². The van der Waals surface area contributed by atoms with Gasteiger partial charge in [0.1, 0.15) is 13.2 Å². The van der Waals surface area contributed by atoms with Gasteiger partial charge in [-0.1, -0.05) is 6.07 Å². The Kier molecular flexibility index (Phi) is 3.29. The third-order valence-corrected chi connectivity index (χ3v) is 3.15. The molecule has 5 nitrogen and oxygen atoms in total. The molecule has 1 unspecified atom stereocenters. The molecule has 19 heavy (non-hydrogen) atoms. The maximum Gasteiger partial charge on any atom is 0.161 e. The Morgan fingerprint density at radius 2 is 2.00 bits per heavy atom. The van der Waals surface area contributed by atoms with Crippen LogP contribution in [-0.2, 0) is 0 Å². The van der Waals surface area contributed by atoms with Gasteiger partial charge in [0, 0.05) is 18.7 Å². The average Bonchev–Trinajstić information content (AvgIpc) is 2.49. The van der Waals surface area contributed by atoms with Crippen molar-refractivity contribution < 1.29 is 9.47 Å². The van der Waals surface area contributed by atoms with Gasteiger partial charge in [-0.05, 0) is 29.8 Å². The molecule has 1 aromatic carbocycles. The van der Waals surface area contributed by atoms with E-state index in [0.29, 0.717) is 19.8 Å². The van der Waals surface area contributed by atoms with Crippen LogP contribution in [0.3, 0.4) is 0 Å². The van der Waals surface area contributed by atoms with Gasteiger partial charge in [0.2, 0.25) is 0 Å². The Labute approximate surface area is 111 Å². The molecule has 0 amide bonds. The van der Waals surface area contributed by atoms with Crippen molar-refractivity contribution >= 4 is 0 Å². The predicted octanol–water partition coefficient (Wildman–Crippen LogP) is 1.34. The summed E-state index contributed by atoms with van der Waals surface area (Å²) in [7, 11) is 0. The molecule has 0 bridgehead atoms. The lowest BCUT2D eigenvalue weighted by atomic mass is 9.95. The highest BCUT2D eigenvalue weighted by atomic mass is 16.6. The van der Waals surface area contributed by atoms with Gasteiger partial charge in [-0.2, -0.15) is 10.2 Å². The van der Waals surface area contributed by atoms with E-state index < -0.39 is 0 Å². The first kappa shape index (κ1) is 11.9. The second-order valence-corrected chi connectivity index (χ2v) is 4.34. The van der Waals surface area contributed by atoms with Crippen molar-refractivity contribution in [3.05, 3.63) is 47.8 Å². The highest BCUT2D eigenvalue weighted by molar-refractivity contribution is 5.46. The summed E-state index contributed by atoms with van der Waals surface area (Å²) in [6, 6.07) is 9.69. The summed E-state index contributed by atoms with van der Waals surface area (Å²) < 4.78 is 11.1. The van der Waals surface area contributed by atoms with Crippen LogP contribution in [0.2, 0.25) is 0 Å². The van der Waals surface area contributed by atoms with Crippen LogP contribution >= 0.6 is 0 Å². The van der Waals surface area contributed by atoms with Crippen LogP contribution in [0.4, 0.5) is 0 Å². The summed E-state index contributed by atoms with van der Waals surface area (Å²) in [6.45, 7) is 1.64. The van der Waals surface area contributed by atoms with E-state index >= 15 is 0 Å². The molecule has 1 aliphatic rings. The predicted molar refractivity (Wildman–Crippen MR) is 70.4 cm³/mol. The van der Waals surface area contributed by atoms with Crippen molar-refractivity contribution in [3.8, 4) is 11.5 Å². The number of fused-ring (bicyclic) bond motifs is 1. The first-order valence-corrected chi connectivity index (χ1v) is 6.25. The number of nitrogens with two attached hydrogens (primary N) is 1. The van der Waals surface area contributed by atoms with Crippen LogP contribution in [0.15, 0.2) is 36.5 Å². The molecule has 0 saturated heterocycles. The van der Waals surface area contributed by atoms with Gasteiger partial charge in [-0.3, -0.25) is 0 Å². The summed E-state index contributed by atoms with van der Waals surface area (Å²) in [4.78, 5) is 0. The lowest BCUT2D eigenvalue weighted by molar-refractivity contribution is 0.171. The molecule has 98 valence electrons. The number of ether oxygens (including phenoxy) is 2. The van der Waals surface area contributed by atoms with Crippen molar-refractivity contribution in [1.82, 2.24) is 10.2 Å². The number of hydrogen-bond donors (Lipinski definition) is 1. The van der Waals surface area contributed by atoms with Crippen molar-refractivity contribution in [2.45, 2.75) is 5.92 Å². The van der Waals surface area contributed by atoms with Crippen LogP contribution < -0.4 is 15.2 Å². The quantitative estimate of drug-likeness (QED) is 0.898. The molecule has 0 aliphatic carbocycles. The Hall–Kier alpha value is -2.14. The fraction of sp³-hybridized carbons (Fsp3) is 0.286. The van der Waals surface area contributed by atoms with Gasteiger partial charge >= 0.3 is 0 Å². The zero-order valence-corrected chi connectivity index (χ0v) is 10.5. The molecule has 2 aromatic rings. The summed E-state index contributed by atoms with van der Waals surface area (Å²) >= 11 is 0. The maximum atomic E-state index is 5.87. The first-order chi connectivity index (χ1) is 9.38. The Bertz CT molecular complexity index is 560. The minimum absolute atomic E-state index is 0.0181. The first-order valence-electron chi connectivity index (χ1n) is 6.25. The van der Waals surface area contributed by atoms with E-state index in [1.165, 1.54) is 0 Å². The third kappa shape index (κ3) is 2.37. The van der Waals surface area contributed by atoms with Gasteiger partial charge in [0.25, 0.3) is 0 Å². The largest absolute Gasteiger partial charge is 0.486 e. The Balaban J connectivity index is 1.96. The average molecular weight is 257 g/mol. The SMILES string of the molecule is NCC(c1ccc2c(c1)OCCO2)c1cccnn1. The number of aromatic nitrogens is 2. The van der Waals surface area contributed by atoms with Crippen LogP contribution in [0.1, 0.15) is 17.2 Å². The zero-order chi connectivity index (χ0) is 13.1. The minimum Gasteiger partial charge on any atom is -0.486 e. The smallest absolute Gasteiger partial charge is 0.161 e. The van der Waals surface area contributed by atoms with Crippen molar-refractivity contribution in [2.24, 2.45) is 5.73 Å². The molecular weight excluding hydrogens is 242 g/mol. The highest BCUT2D eigenvalue weighted by Crippen LogP contribution is 2.34. The molecule has 0 radical (unpaired) electrons. The van der Waals surface area contributed by atoms with E-state index in [2.05, 4.69) is 10.2 Å². The van der Waals surface area contributed by atoms with Crippen molar-refractivity contribution in [1.29, 1.82) is 0 Å². The molecule has 1 atom stereocenters. The van der Waals surface area contributed by atoms with Gasteiger partial charge in [-0.25, -0.2) is 0 Å². The third-order valence-electron chi connectivity index (χ3n) is 3.15. The second-order valence-electron chi connectivity index (χ2n) is 4.34. The summed E-state index contributed by atoms with van der Waals surface area (Å²) in [5.74, 6) is 1.57. The topological polar surface area (TPSA) is 70.3 Å². The summed E-state index contributed by atoms with van der Waals surface area (Å²) in [5, 5.41) is 8.04. The second kappa shape index (κ2) is 5.24. The van der Waals surface area contributed by atoms with Crippen LogP contribution in [0.25, 0.3) is 0 Å². The monoisotopic (exact) mass is 257 g/mol. The van der Waals surface area contributed by atoms with Crippen LogP contribution in [0, 0.1) is 0 Å². The Morgan fingerprint density at radius 3 is 2.74 bits per heavy atom. The van der Waals surface area contributed by atoms with Crippen molar-refractivity contribution in [3.63, 3.8) is 0 Å². The Morgan fingerprint density at radius 1 is 1.16 bits per heavy atom. The van der Waals surface area contributed by atoms with E-state index in [1.807, 2.05) is 30.3 Å². The normalized spacial score (nSPS) is 15.0. The minimum atomic E-state index is 0.0181. The number of hydrogen-bond acceptors (Lipinski definition) is 5. The lowest BCUT2D eigenvalue weighted by Gasteiger charge is -2.21. The van der Waals surface area contributed by atoms with Gasteiger partial charge in [0.15, 0.2) is 11.5 Å². The van der Waals surface area contributed by atoms with Crippen molar-refractivity contribution in [2.75, 3.05) is 19.8 Å². The molecule has 1 aliphatic heterocycles. The van der Waals surface area contributed by atoms with E-state index in [9.17, 15) is 0 Å². The van der Waals surface area contributed by atoms with E-state index in [1.54, 1.807) is 6.20 Å². The zero-order valence-electron chi connectivity index (χ0n) is 10.5. The summed E-state index contributed by atoms with van der Waals surface area (Å²) in [5.41, 5.74) is 7.80.